The smallest absolute Gasteiger partial charge is 0.206 e. The number of methoxy groups -OCH3 is 2. The Balaban J connectivity index is 1.08. The highest BCUT2D eigenvalue weighted by Crippen LogP contribution is 2.38. The maximum Gasteiger partial charge on any atom is 0.206 e. The van der Waals surface area contributed by atoms with Crippen molar-refractivity contribution in [2.45, 2.75) is 100 Å². The van der Waals surface area contributed by atoms with Gasteiger partial charge < -0.3 is 18.9 Å². The Labute approximate surface area is 352 Å². The molecule has 0 amide bonds. The quantitative estimate of drug-likeness (QED) is 0.0969. The third kappa shape index (κ3) is 8.97. The molecule has 0 saturated carbocycles. The van der Waals surface area contributed by atoms with E-state index in [1.54, 1.807) is 62.8 Å². The van der Waals surface area contributed by atoms with Crippen LogP contribution in [0.4, 0.5) is 0 Å². The monoisotopic (exact) mass is 810 g/mol. The predicted molar refractivity (Wildman–Crippen MR) is 238 cm³/mol. The van der Waals surface area contributed by atoms with E-state index in [9.17, 15) is 8.42 Å². The van der Waals surface area contributed by atoms with E-state index in [0.29, 0.717) is 17.2 Å². The van der Waals surface area contributed by atoms with Crippen LogP contribution < -0.4 is 14.2 Å². The molecular weight excluding hydrogens is 753 g/mol. The van der Waals surface area contributed by atoms with Crippen molar-refractivity contribution < 1.29 is 27.4 Å². The van der Waals surface area contributed by atoms with Gasteiger partial charge in [-0.1, -0.05) is 114 Å². The van der Waals surface area contributed by atoms with Crippen LogP contribution in [0.3, 0.4) is 0 Å². The molecule has 0 spiro atoms. The fourth-order valence-electron chi connectivity index (χ4n) is 7.82. The van der Waals surface area contributed by atoms with Crippen LogP contribution >= 0.6 is 0 Å². The first kappa shape index (κ1) is 43.2. The summed E-state index contributed by atoms with van der Waals surface area (Å²) in [4.78, 5) is 0.364. The standard InChI is InChI=1S/C52H58O6S/c1-11-52(12-2,56-10)42-19-15-38(16-20-42)50(5,6)40-23-27-44(28-24-40)57-45-29-33-47(34-30-45)59(53,54)48-35-31-46(32-36-48)58-51(7,8)41-17-13-37(14-18-41)49(3,4)39-21-25-43(55-9)26-22-39/h13-36H,11-12H2,1-10H3. The van der Waals surface area contributed by atoms with Crippen molar-refractivity contribution in [1.82, 2.24) is 0 Å². The van der Waals surface area contributed by atoms with Crippen molar-refractivity contribution in [3.63, 3.8) is 0 Å². The van der Waals surface area contributed by atoms with Crippen LogP contribution in [0.15, 0.2) is 155 Å². The lowest BCUT2D eigenvalue weighted by Gasteiger charge is -2.32. The zero-order valence-electron chi connectivity index (χ0n) is 36.1. The second-order valence-corrected chi connectivity index (χ2v) is 18.7. The molecule has 0 aromatic heterocycles. The molecule has 0 aliphatic rings. The lowest BCUT2D eigenvalue weighted by molar-refractivity contribution is -0.0217. The van der Waals surface area contributed by atoms with E-state index in [0.717, 1.165) is 29.7 Å². The fourth-order valence-corrected chi connectivity index (χ4v) is 9.08. The average Bonchev–Trinajstić information content (AvgIpc) is 3.25. The number of hydrogen-bond acceptors (Lipinski definition) is 6. The number of hydrogen-bond donors (Lipinski definition) is 0. The van der Waals surface area contributed by atoms with Crippen LogP contribution in [-0.2, 0) is 36.6 Å². The minimum atomic E-state index is -3.78. The van der Waals surface area contributed by atoms with Gasteiger partial charge in [0.15, 0.2) is 0 Å². The van der Waals surface area contributed by atoms with Crippen molar-refractivity contribution >= 4 is 9.84 Å². The summed E-state index contributed by atoms with van der Waals surface area (Å²) in [6.07, 6.45) is 1.82. The van der Waals surface area contributed by atoms with E-state index in [-0.39, 0.29) is 26.2 Å². The van der Waals surface area contributed by atoms with Gasteiger partial charge in [-0.2, -0.15) is 0 Å². The summed E-state index contributed by atoms with van der Waals surface area (Å²) in [5.41, 5.74) is 5.57. The summed E-state index contributed by atoms with van der Waals surface area (Å²) in [6, 6.07) is 46.6. The largest absolute Gasteiger partial charge is 0.497 e. The van der Waals surface area contributed by atoms with Crippen molar-refractivity contribution in [2.24, 2.45) is 0 Å². The summed E-state index contributed by atoms with van der Waals surface area (Å²) in [5, 5.41) is 0. The van der Waals surface area contributed by atoms with Crippen molar-refractivity contribution in [1.29, 1.82) is 0 Å². The minimum absolute atomic E-state index is 0.181. The maximum absolute atomic E-state index is 13.6. The van der Waals surface area contributed by atoms with Gasteiger partial charge in [-0.15, -0.1) is 0 Å². The lowest BCUT2D eigenvalue weighted by atomic mass is 9.77. The molecule has 0 saturated heterocycles. The van der Waals surface area contributed by atoms with E-state index < -0.39 is 15.4 Å². The summed E-state index contributed by atoms with van der Waals surface area (Å²) >= 11 is 0. The SMILES string of the molecule is CCC(CC)(OC)c1ccc(C(C)(C)c2ccc(Oc3ccc(S(=O)(=O)c4ccc(OC(C)(C)c5ccc(C(C)(C)c6ccc(OC)cc6)cc5)cc4)cc3)cc2)cc1. The van der Waals surface area contributed by atoms with Crippen molar-refractivity contribution in [2.75, 3.05) is 14.2 Å². The highest BCUT2D eigenvalue weighted by Gasteiger charge is 2.30. The number of benzene rings is 6. The van der Waals surface area contributed by atoms with E-state index in [4.69, 9.17) is 18.9 Å². The highest BCUT2D eigenvalue weighted by molar-refractivity contribution is 7.91. The van der Waals surface area contributed by atoms with Gasteiger partial charge in [-0.25, -0.2) is 8.42 Å². The molecule has 0 atom stereocenters. The number of ether oxygens (including phenoxy) is 4. The topological polar surface area (TPSA) is 71.1 Å². The molecule has 0 aliphatic heterocycles. The summed E-state index contributed by atoms with van der Waals surface area (Å²) in [6.45, 7) is 17.2. The molecule has 0 heterocycles. The predicted octanol–water partition coefficient (Wildman–Crippen LogP) is 12.9. The number of sulfone groups is 1. The molecule has 0 aliphatic carbocycles. The van der Waals surface area contributed by atoms with Gasteiger partial charge in [0.1, 0.15) is 28.6 Å². The molecule has 0 unspecified atom stereocenters. The van der Waals surface area contributed by atoms with Crippen LogP contribution in [-0.4, -0.2) is 22.6 Å². The van der Waals surface area contributed by atoms with Crippen LogP contribution in [0.5, 0.6) is 23.0 Å². The highest BCUT2D eigenvalue weighted by atomic mass is 32.2. The van der Waals surface area contributed by atoms with E-state index >= 15 is 0 Å². The van der Waals surface area contributed by atoms with Crippen LogP contribution in [0.25, 0.3) is 0 Å². The molecule has 0 N–H and O–H groups in total. The first-order valence-electron chi connectivity index (χ1n) is 20.3. The van der Waals surface area contributed by atoms with E-state index in [1.165, 1.54) is 22.3 Å². The molecule has 6 nitrogen and oxygen atoms in total. The van der Waals surface area contributed by atoms with Gasteiger partial charge in [0.25, 0.3) is 0 Å². The normalized spacial score (nSPS) is 12.6. The van der Waals surface area contributed by atoms with Gasteiger partial charge >= 0.3 is 0 Å². The van der Waals surface area contributed by atoms with Gasteiger partial charge in [-0.3, -0.25) is 0 Å². The Morgan fingerprint density at radius 1 is 0.424 bits per heavy atom. The lowest BCUT2D eigenvalue weighted by Crippen LogP contribution is -2.27. The Morgan fingerprint density at radius 2 is 0.746 bits per heavy atom. The van der Waals surface area contributed by atoms with Gasteiger partial charge in [0.2, 0.25) is 9.84 Å². The third-order valence-electron chi connectivity index (χ3n) is 12.2. The molecule has 7 heteroatoms. The summed E-state index contributed by atoms with van der Waals surface area (Å²) < 4.78 is 51.1. The molecule has 308 valence electrons. The Kier molecular flexibility index (Phi) is 12.5. The van der Waals surface area contributed by atoms with Gasteiger partial charge in [0.05, 0.1) is 22.5 Å². The summed E-state index contributed by atoms with van der Waals surface area (Å²) in [7, 11) is -0.318. The first-order chi connectivity index (χ1) is 28.0. The maximum atomic E-state index is 13.6. The zero-order chi connectivity index (χ0) is 42.6. The minimum Gasteiger partial charge on any atom is -0.497 e. The fraction of sp³-hybridized carbons (Fsp3) is 0.308. The molecule has 6 rings (SSSR count). The number of rotatable bonds is 16. The Morgan fingerprint density at radius 3 is 1.12 bits per heavy atom. The molecule has 0 bridgehead atoms. The average molecular weight is 811 g/mol. The van der Waals surface area contributed by atoms with Crippen LogP contribution in [0.1, 0.15) is 102 Å². The van der Waals surface area contributed by atoms with Gasteiger partial charge in [0, 0.05) is 17.9 Å². The van der Waals surface area contributed by atoms with E-state index in [1.807, 2.05) is 38.1 Å². The van der Waals surface area contributed by atoms with Crippen molar-refractivity contribution in [3.8, 4) is 23.0 Å². The molecule has 59 heavy (non-hydrogen) atoms. The Hall–Kier alpha value is -5.37. The van der Waals surface area contributed by atoms with Gasteiger partial charge in [-0.05, 0) is 133 Å². The zero-order valence-corrected chi connectivity index (χ0v) is 36.9. The van der Waals surface area contributed by atoms with Crippen LogP contribution in [0, 0.1) is 0 Å². The molecule has 6 aromatic carbocycles. The van der Waals surface area contributed by atoms with Crippen molar-refractivity contribution in [3.05, 3.63) is 179 Å². The van der Waals surface area contributed by atoms with Crippen LogP contribution in [0.2, 0.25) is 0 Å². The Bertz CT molecular complexity index is 2400. The molecule has 0 radical (unpaired) electrons. The van der Waals surface area contributed by atoms with E-state index in [2.05, 4.69) is 114 Å². The second-order valence-electron chi connectivity index (χ2n) is 16.7. The first-order valence-corrected chi connectivity index (χ1v) is 21.8. The molecule has 0 fully saturated rings. The molecule has 6 aromatic rings. The molecular formula is C52H58O6S. The second kappa shape index (κ2) is 17.1. The third-order valence-corrected chi connectivity index (χ3v) is 14.0. The summed E-state index contributed by atoms with van der Waals surface area (Å²) in [5.74, 6) is 2.62.